The lowest BCUT2D eigenvalue weighted by atomic mass is 9.61. The number of carbonyl (C=O) groups excluding carboxylic acids is 1. The monoisotopic (exact) mass is 485 g/mol. The van der Waals surface area contributed by atoms with Gasteiger partial charge in [0.25, 0.3) is 11.5 Å². The van der Waals surface area contributed by atoms with Crippen molar-refractivity contribution in [1.29, 1.82) is 0 Å². The van der Waals surface area contributed by atoms with Crippen molar-refractivity contribution in [3.8, 4) is 5.88 Å². The predicted molar refractivity (Wildman–Crippen MR) is 122 cm³/mol. The third kappa shape index (κ3) is 3.51. The van der Waals surface area contributed by atoms with Crippen LogP contribution in [-0.4, -0.2) is 56.0 Å². The number of hydrogen-bond donors (Lipinski definition) is 1. The van der Waals surface area contributed by atoms with Gasteiger partial charge in [-0.3, -0.25) is 14.0 Å². The SMILES string of the molecule is CC(C)Oc1nc2nc(C34COC(CF)(C3)C4)cn2cc1C(=O)Nc1cccn(C2CC2F)c1=O. The molecule has 1 amide bonds. The zero-order valence-corrected chi connectivity index (χ0v) is 19.3. The molecule has 2 saturated carbocycles. The van der Waals surface area contributed by atoms with Crippen LogP contribution >= 0.6 is 0 Å². The molecule has 2 saturated heterocycles. The molecule has 2 unspecified atom stereocenters. The van der Waals surface area contributed by atoms with E-state index in [1.165, 1.54) is 16.8 Å². The van der Waals surface area contributed by atoms with Crippen LogP contribution in [-0.2, 0) is 10.2 Å². The Kier molecular flexibility index (Phi) is 4.79. The van der Waals surface area contributed by atoms with E-state index in [4.69, 9.17) is 9.47 Å². The second-order valence-electron chi connectivity index (χ2n) is 10.1. The van der Waals surface area contributed by atoms with Gasteiger partial charge in [-0.25, -0.2) is 13.8 Å². The molecule has 1 N–H and O–H groups in total. The van der Waals surface area contributed by atoms with E-state index in [0.29, 0.717) is 25.2 Å². The Bertz CT molecular complexity index is 1390. The molecule has 2 aliphatic heterocycles. The summed E-state index contributed by atoms with van der Waals surface area (Å²) < 4.78 is 41.3. The van der Waals surface area contributed by atoms with Gasteiger partial charge in [-0.1, -0.05) is 0 Å². The van der Waals surface area contributed by atoms with Crippen molar-refractivity contribution in [2.45, 2.75) is 62.4 Å². The molecule has 184 valence electrons. The maximum atomic E-state index is 13.5. The van der Waals surface area contributed by atoms with E-state index in [2.05, 4.69) is 15.3 Å². The molecule has 0 radical (unpaired) electrons. The van der Waals surface area contributed by atoms with Crippen molar-refractivity contribution in [2.75, 3.05) is 18.6 Å². The standard InChI is InChI=1S/C24H25F2N5O4/c1-13(2)35-20-14(19(32)27-16-4-3-5-31(21(16)33)17-6-15(17)26)7-30-8-18(28-22(30)29-20)23-9-24(10-23,11-25)34-12-23/h3-5,7-8,13,15,17H,6,9-12H2,1-2H3,(H,27,32). The molecule has 5 heterocycles. The minimum absolute atomic E-state index is 0.0394. The fourth-order valence-electron chi connectivity index (χ4n) is 5.19. The molecular weight excluding hydrogens is 460 g/mol. The number of fused-ring (bicyclic) bond motifs is 2. The highest BCUT2D eigenvalue weighted by atomic mass is 19.1. The zero-order valence-electron chi connectivity index (χ0n) is 19.3. The molecule has 2 bridgehead atoms. The molecule has 11 heteroatoms. The van der Waals surface area contributed by atoms with Gasteiger partial charge in [0.15, 0.2) is 0 Å². The van der Waals surface area contributed by atoms with Crippen LogP contribution < -0.4 is 15.6 Å². The summed E-state index contributed by atoms with van der Waals surface area (Å²) in [6.07, 6.45) is 4.93. The number of carbonyl (C=O) groups is 1. The number of rotatable bonds is 7. The van der Waals surface area contributed by atoms with Gasteiger partial charge < -0.3 is 19.4 Å². The summed E-state index contributed by atoms with van der Waals surface area (Å²) in [5.74, 6) is -0.164. The molecule has 7 rings (SSSR count). The minimum Gasteiger partial charge on any atom is -0.474 e. The lowest BCUT2D eigenvalue weighted by Gasteiger charge is -2.41. The molecule has 4 aliphatic rings. The van der Waals surface area contributed by atoms with Crippen molar-refractivity contribution in [3.63, 3.8) is 0 Å². The summed E-state index contributed by atoms with van der Waals surface area (Å²) in [6.45, 7) is 3.49. The summed E-state index contributed by atoms with van der Waals surface area (Å²) in [4.78, 5) is 35.1. The Balaban J connectivity index is 1.34. The maximum Gasteiger partial charge on any atom is 0.274 e. The van der Waals surface area contributed by atoms with Crippen LogP contribution in [0.5, 0.6) is 5.88 Å². The van der Waals surface area contributed by atoms with Gasteiger partial charge in [-0.05, 0) is 38.8 Å². The molecule has 9 nitrogen and oxygen atoms in total. The normalized spacial score (nSPS) is 28.8. The Hall–Kier alpha value is -3.34. The van der Waals surface area contributed by atoms with Crippen LogP contribution in [0.15, 0.2) is 35.5 Å². The molecule has 3 aromatic heterocycles. The van der Waals surface area contributed by atoms with E-state index in [0.717, 1.165) is 5.69 Å². The van der Waals surface area contributed by atoms with Crippen molar-refractivity contribution < 1.29 is 23.0 Å². The summed E-state index contributed by atoms with van der Waals surface area (Å²) in [5.41, 5.74) is -0.642. The second kappa shape index (κ2) is 7.58. The molecule has 35 heavy (non-hydrogen) atoms. The highest BCUT2D eigenvalue weighted by Gasteiger charge is 2.64. The van der Waals surface area contributed by atoms with Gasteiger partial charge in [0.1, 0.15) is 24.1 Å². The van der Waals surface area contributed by atoms with E-state index < -0.39 is 36.0 Å². The van der Waals surface area contributed by atoms with Crippen LogP contribution in [0, 0.1) is 0 Å². The largest absolute Gasteiger partial charge is 0.474 e. The third-order valence-corrected chi connectivity index (χ3v) is 7.03. The van der Waals surface area contributed by atoms with Gasteiger partial charge in [0.2, 0.25) is 11.7 Å². The first kappa shape index (κ1) is 22.1. The molecular formula is C24H25F2N5O4. The van der Waals surface area contributed by atoms with E-state index in [9.17, 15) is 18.4 Å². The van der Waals surface area contributed by atoms with Gasteiger partial charge in [-0.2, -0.15) is 4.98 Å². The van der Waals surface area contributed by atoms with E-state index in [1.807, 2.05) is 13.8 Å². The number of halogens is 2. The van der Waals surface area contributed by atoms with Gasteiger partial charge in [0, 0.05) is 30.4 Å². The van der Waals surface area contributed by atoms with Crippen molar-refractivity contribution in [2.24, 2.45) is 0 Å². The number of ether oxygens (including phenoxy) is 2. The first-order valence-electron chi connectivity index (χ1n) is 11.7. The highest BCUT2D eigenvalue weighted by Crippen LogP contribution is 2.58. The topological polar surface area (TPSA) is 99.8 Å². The minimum atomic E-state index is -1.05. The summed E-state index contributed by atoms with van der Waals surface area (Å²) in [6, 6.07) is 2.57. The molecule has 2 atom stereocenters. The van der Waals surface area contributed by atoms with Crippen LogP contribution in [0.2, 0.25) is 0 Å². The van der Waals surface area contributed by atoms with Crippen molar-refractivity contribution in [3.05, 3.63) is 52.3 Å². The second-order valence-corrected chi connectivity index (χ2v) is 10.1. The number of hydrogen-bond acceptors (Lipinski definition) is 6. The quantitative estimate of drug-likeness (QED) is 0.553. The Morgan fingerprint density at radius 2 is 2.11 bits per heavy atom. The zero-order chi connectivity index (χ0) is 24.5. The van der Waals surface area contributed by atoms with Crippen molar-refractivity contribution in [1.82, 2.24) is 18.9 Å². The maximum absolute atomic E-state index is 13.5. The number of imidazole rings is 1. The summed E-state index contributed by atoms with van der Waals surface area (Å²) in [7, 11) is 0. The summed E-state index contributed by atoms with van der Waals surface area (Å²) in [5, 5.41) is 2.62. The van der Waals surface area contributed by atoms with E-state index in [-0.39, 0.29) is 35.1 Å². The molecule has 0 spiro atoms. The van der Waals surface area contributed by atoms with Crippen LogP contribution in [0.1, 0.15) is 55.2 Å². The average Bonchev–Trinajstić information content (AvgIpc) is 3.16. The average molecular weight is 485 g/mol. The first-order chi connectivity index (χ1) is 16.7. The Morgan fingerprint density at radius 1 is 1.34 bits per heavy atom. The number of amides is 1. The highest BCUT2D eigenvalue weighted by molar-refractivity contribution is 6.05. The number of nitrogens with zero attached hydrogens (tertiary/aromatic N) is 4. The molecule has 4 fully saturated rings. The Morgan fingerprint density at radius 3 is 2.77 bits per heavy atom. The van der Waals surface area contributed by atoms with E-state index in [1.54, 1.807) is 22.9 Å². The van der Waals surface area contributed by atoms with E-state index >= 15 is 0 Å². The molecule has 3 aromatic rings. The van der Waals surface area contributed by atoms with Gasteiger partial charge >= 0.3 is 0 Å². The van der Waals surface area contributed by atoms with Crippen LogP contribution in [0.4, 0.5) is 14.5 Å². The van der Waals surface area contributed by atoms with Gasteiger partial charge in [0.05, 0.1) is 30.0 Å². The molecule has 0 aromatic carbocycles. The molecule has 2 aliphatic carbocycles. The van der Waals surface area contributed by atoms with Crippen LogP contribution in [0.3, 0.4) is 0 Å². The number of anilines is 1. The van der Waals surface area contributed by atoms with Crippen molar-refractivity contribution >= 4 is 17.4 Å². The lowest BCUT2D eigenvalue weighted by molar-refractivity contribution is -0.0235. The lowest BCUT2D eigenvalue weighted by Crippen LogP contribution is -2.48. The third-order valence-electron chi connectivity index (χ3n) is 7.03. The smallest absolute Gasteiger partial charge is 0.274 e. The van der Waals surface area contributed by atoms with Crippen LogP contribution in [0.25, 0.3) is 5.78 Å². The number of pyridine rings is 1. The first-order valence-corrected chi connectivity index (χ1v) is 11.7. The fourth-order valence-corrected chi connectivity index (χ4v) is 5.19. The van der Waals surface area contributed by atoms with Gasteiger partial charge in [-0.15, -0.1) is 0 Å². The number of nitrogens with one attached hydrogen (secondary N) is 1. The predicted octanol–water partition coefficient (Wildman–Crippen LogP) is 2.98. The number of alkyl halides is 2. The fraction of sp³-hybridized carbons (Fsp3) is 0.500. The summed E-state index contributed by atoms with van der Waals surface area (Å²) >= 11 is 0. The number of aromatic nitrogens is 4. The Labute approximate surface area is 199 Å².